The first-order valence-electron chi connectivity index (χ1n) is 6.32. The molecular weight excluding hydrogens is 313 g/mol. The van der Waals surface area contributed by atoms with Gasteiger partial charge in [-0.1, -0.05) is 30.3 Å². The lowest BCUT2D eigenvalue weighted by Gasteiger charge is -2.10. The smallest absolute Gasteiger partial charge is 0.207 e. The maximum absolute atomic E-state index is 13.2. The van der Waals surface area contributed by atoms with E-state index in [4.69, 9.17) is 11.6 Å². The van der Waals surface area contributed by atoms with Crippen molar-refractivity contribution in [2.24, 2.45) is 0 Å². The largest absolute Gasteiger partial charge is 0.241 e. The van der Waals surface area contributed by atoms with Gasteiger partial charge in [-0.25, -0.2) is 17.5 Å². The van der Waals surface area contributed by atoms with E-state index < -0.39 is 15.8 Å². The van der Waals surface area contributed by atoms with Crippen LogP contribution in [0.2, 0.25) is 0 Å². The highest BCUT2D eigenvalue weighted by Gasteiger charge is 2.17. The summed E-state index contributed by atoms with van der Waals surface area (Å²) in [5, 5.41) is 0. The highest BCUT2D eigenvalue weighted by Crippen LogP contribution is 2.17. The molecule has 0 atom stereocenters. The van der Waals surface area contributed by atoms with Crippen molar-refractivity contribution in [2.45, 2.75) is 24.2 Å². The third-order valence-electron chi connectivity index (χ3n) is 3.05. The van der Waals surface area contributed by atoms with Crippen LogP contribution in [0.15, 0.2) is 47.4 Å². The Bertz CT molecular complexity index is 747. The van der Waals surface area contributed by atoms with Gasteiger partial charge in [0, 0.05) is 12.4 Å². The molecule has 2 rings (SSSR count). The molecule has 0 fully saturated rings. The molecular formula is C15H15ClFNO2S. The van der Waals surface area contributed by atoms with Crippen molar-refractivity contribution in [3.8, 4) is 0 Å². The highest BCUT2D eigenvalue weighted by molar-refractivity contribution is 7.89. The number of hydrogen-bond acceptors (Lipinski definition) is 2. The fraction of sp³-hybridized carbons (Fsp3) is 0.200. The number of nitrogens with one attached hydrogen (secondary N) is 1. The van der Waals surface area contributed by atoms with Crippen LogP contribution in [0.5, 0.6) is 0 Å². The Kier molecular flexibility index (Phi) is 4.98. The first kappa shape index (κ1) is 15.9. The Morgan fingerprint density at radius 2 is 1.86 bits per heavy atom. The summed E-state index contributed by atoms with van der Waals surface area (Å²) in [7, 11) is -3.75. The second-order valence-electron chi connectivity index (χ2n) is 4.69. The molecule has 0 saturated carbocycles. The summed E-state index contributed by atoms with van der Waals surface area (Å²) < 4.78 is 40.2. The molecule has 0 amide bonds. The SMILES string of the molecule is Cc1ccc(F)cc1S(=O)(=O)NCc1cccc(CCl)c1. The Hall–Kier alpha value is -1.43. The quantitative estimate of drug-likeness (QED) is 0.856. The van der Waals surface area contributed by atoms with E-state index in [0.717, 1.165) is 17.2 Å². The summed E-state index contributed by atoms with van der Waals surface area (Å²) in [6.45, 7) is 1.76. The molecule has 0 aromatic heterocycles. The van der Waals surface area contributed by atoms with Gasteiger partial charge in [-0.3, -0.25) is 0 Å². The summed E-state index contributed by atoms with van der Waals surface area (Å²) in [5.41, 5.74) is 2.21. The summed E-state index contributed by atoms with van der Waals surface area (Å²) >= 11 is 5.74. The molecule has 0 bridgehead atoms. The second kappa shape index (κ2) is 6.56. The zero-order chi connectivity index (χ0) is 15.5. The molecule has 0 spiro atoms. The Morgan fingerprint density at radius 3 is 2.57 bits per heavy atom. The number of sulfonamides is 1. The van der Waals surface area contributed by atoms with Gasteiger partial charge in [-0.15, -0.1) is 11.6 Å². The lowest BCUT2D eigenvalue weighted by Crippen LogP contribution is -2.24. The molecule has 2 aromatic rings. The van der Waals surface area contributed by atoms with Crippen LogP contribution in [-0.2, 0) is 22.4 Å². The van der Waals surface area contributed by atoms with Crippen LogP contribution in [0.1, 0.15) is 16.7 Å². The number of rotatable bonds is 5. The number of aryl methyl sites for hydroxylation is 1. The molecule has 0 radical (unpaired) electrons. The zero-order valence-electron chi connectivity index (χ0n) is 11.4. The normalized spacial score (nSPS) is 11.6. The van der Waals surface area contributed by atoms with Crippen molar-refractivity contribution in [1.82, 2.24) is 4.72 Å². The van der Waals surface area contributed by atoms with Crippen LogP contribution in [0, 0.1) is 12.7 Å². The molecule has 0 aliphatic rings. The van der Waals surface area contributed by atoms with E-state index in [2.05, 4.69) is 4.72 Å². The molecule has 6 heteroatoms. The van der Waals surface area contributed by atoms with Crippen LogP contribution >= 0.6 is 11.6 Å². The third kappa shape index (κ3) is 4.03. The maximum atomic E-state index is 13.2. The molecule has 0 aliphatic heterocycles. The Balaban J connectivity index is 2.19. The fourth-order valence-electron chi connectivity index (χ4n) is 1.94. The second-order valence-corrected chi connectivity index (χ2v) is 6.69. The van der Waals surface area contributed by atoms with E-state index in [1.54, 1.807) is 13.0 Å². The zero-order valence-corrected chi connectivity index (χ0v) is 13.0. The molecule has 2 aromatic carbocycles. The Morgan fingerprint density at radius 1 is 1.14 bits per heavy atom. The van der Waals surface area contributed by atoms with E-state index >= 15 is 0 Å². The molecule has 21 heavy (non-hydrogen) atoms. The van der Waals surface area contributed by atoms with Crippen molar-refractivity contribution in [3.05, 3.63) is 65.0 Å². The highest BCUT2D eigenvalue weighted by atomic mass is 35.5. The molecule has 3 nitrogen and oxygen atoms in total. The first-order chi connectivity index (χ1) is 9.92. The average Bonchev–Trinajstić information content (AvgIpc) is 2.48. The minimum atomic E-state index is -3.75. The lowest BCUT2D eigenvalue weighted by atomic mass is 10.1. The van der Waals surface area contributed by atoms with Gasteiger partial charge in [0.05, 0.1) is 4.90 Å². The van der Waals surface area contributed by atoms with E-state index in [-0.39, 0.29) is 11.4 Å². The maximum Gasteiger partial charge on any atom is 0.241 e. The van der Waals surface area contributed by atoms with E-state index in [0.29, 0.717) is 11.4 Å². The number of benzene rings is 2. The molecule has 112 valence electrons. The summed E-state index contributed by atoms with van der Waals surface area (Å²) in [5.74, 6) is -0.214. The van der Waals surface area contributed by atoms with Gasteiger partial charge in [0.1, 0.15) is 5.82 Å². The molecule has 0 aliphatic carbocycles. The molecule has 0 saturated heterocycles. The van der Waals surface area contributed by atoms with Crippen molar-refractivity contribution >= 4 is 21.6 Å². The predicted molar refractivity (Wildman–Crippen MR) is 81.2 cm³/mol. The van der Waals surface area contributed by atoms with E-state index in [9.17, 15) is 12.8 Å². The van der Waals surface area contributed by atoms with Crippen LogP contribution in [0.25, 0.3) is 0 Å². The van der Waals surface area contributed by atoms with Crippen molar-refractivity contribution < 1.29 is 12.8 Å². The standard InChI is InChI=1S/C15H15ClFNO2S/c1-11-5-6-14(17)8-15(11)21(19,20)18-10-13-4-2-3-12(7-13)9-16/h2-8,18H,9-10H2,1H3. The topological polar surface area (TPSA) is 46.2 Å². The molecule has 0 heterocycles. The van der Waals surface area contributed by atoms with Crippen molar-refractivity contribution in [3.63, 3.8) is 0 Å². The predicted octanol–water partition coefficient (Wildman–Crippen LogP) is 3.35. The number of hydrogen-bond donors (Lipinski definition) is 1. The van der Waals surface area contributed by atoms with E-state index in [1.807, 2.05) is 18.2 Å². The average molecular weight is 328 g/mol. The van der Waals surface area contributed by atoms with Crippen LogP contribution in [0.4, 0.5) is 4.39 Å². The van der Waals surface area contributed by atoms with E-state index in [1.165, 1.54) is 12.1 Å². The van der Waals surface area contributed by atoms with Crippen LogP contribution in [-0.4, -0.2) is 8.42 Å². The van der Waals surface area contributed by atoms with Crippen LogP contribution < -0.4 is 4.72 Å². The van der Waals surface area contributed by atoms with Gasteiger partial charge in [-0.05, 0) is 35.7 Å². The summed E-state index contributed by atoms with van der Waals surface area (Å²) in [6, 6.07) is 11.0. The fourth-order valence-corrected chi connectivity index (χ4v) is 3.38. The Labute approximate surface area is 128 Å². The minimum absolute atomic E-state index is 0.0454. The minimum Gasteiger partial charge on any atom is -0.207 e. The van der Waals surface area contributed by atoms with Gasteiger partial charge in [0.15, 0.2) is 0 Å². The number of alkyl halides is 1. The molecule has 1 N–H and O–H groups in total. The van der Waals surface area contributed by atoms with Crippen LogP contribution in [0.3, 0.4) is 0 Å². The third-order valence-corrected chi connectivity index (χ3v) is 4.90. The van der Waals surface area contributed by atoms with Gasteiger partial charge < -0.3 is 0 Å². The van der Waals surface area contributed by atoms with Gasteiger partial charge in [-0.2, -0.15) is 0 Å². The van der Waals surface area contributed by atoms with Gasteiger partial charge >= 0.3 is 0 Å². The summed E-state index contributed by atoms with van der Waals surface area (Å²) in [6.07, 6.45) is 0. The van der Waals surface area contributed by atoms with Gasteiger partial charge in [0.25, 0.3) is 0 Å². The lowest BCUT2D eigenvalue weighted by molar-refractivity contribution is 0.576. The van der Waals surface area contributed by atoms with Crippen molar-refractivity contribution in [1.29, 1.82) is 0 Å². The van der Waals surface area contributed by atoms with Gasteiger partial charge in [0.2, 0.25) is 10.0 Å². The first-order valence-corrected chi connectivity index (χ1v) is 8.34. The monoisotopic (exact) mass is 327 g/mol. The number of halogens is 2. The van der Waals surface area contributed by atoms with Crippen molar-refractivity contribution in [2.75, 3.05) is 0 Å². The molecule has 0 unspecified atom stereocenters. The summed E-state index contributed by atoms with van der Waals surface area (Å²) in [4.78, 5) is -0.0454.